The van der Waals surface area contributed by atoms with Crippen molar-refractivity contribution in [3.05, 3.63) is 0 Å². The number of carbonyl (C=O) groups excluding carboxylic acids is 1. The lowest BCUT2D eigenvalue weighted by molar-refractivity contribution is -0.123. The minimum atomic E-state index is 0.0624. The second-order valence-electron chi connectivity index (χ2n) is 5.30. The minimum absolute atomic E-state index is 0.0624. The SMILES string of the molecule is CCN1CCC(CNC(=O)[C@H]2CCCCN2)C1. The first kappa shape index (κ1) is 12.8. The molecule has 1 amide bonds. The van der Waals surface area contributed by atoms with Gasteiger partial charge in [-0.25, -0.2) is 0 Å². The van der Waals surface area contributed by atoms with Crippen molar-refractivity contribution >= 4 is 5.91 Å². The third kappa shape index (κ3) is 3.68. The van der Waals surface area contributed by atoms with Crippen LogP contribution in [0.4, 0.5) is 0 Å². The first-order valence-corrected chi connectivity index (χ1v) is 7.03. The average molecular weight is 239 g/mol. The Labute approximate surface area is 104 Å². The van der Waals surface area contributed by atoms with Crippen LogP contribution in [0.5, 0.6) is 0 Å². The summed E-state index contributed by atoms with van der Waals surface area (Å²) in [7, 11) is 0. The molecule has 2 aliphatic rings. The van der Waals surface area contributed by atoms with E-state index in [4.69, 9.17) is 0 Å². The van der Waals surface area contributed by atoms with Crippen LogP contribution in [0.15, 0.2) is 0 Å². The highest BCUT2D eigenvalue weighted by Gasteiger charge is 2.24. The van der Waals surface area contributed by atoms with E-state index in [-0.39, 0.29) is 11.9 Å². The van der Waals surface area contributed by atoms with E-state index in [0.717, 1.165) is 32.6 Å². The van der Waals surface area contributed by atoms with Crippen molar-refractivity contribution < 1.29 is 4.79 Å². The number of piperidine rings is 1. The van der Waals surface area contributed by atoms with Crippen molar-refractivity contribution in [2.45, 2.75) is 38.6 Å². The fourth-order valence-corrected chi connectivity index (χ4v) is 2.81. The number of nitrogens with zero attached hydrogens (tertiary/aromatic N) is 1. The number of hydrogen-bond donors (Lipinski definition) is 2. The highest BCUT2D eigenvalue weighted by atomic mass is 16.2. The van der Waals surface area contributed by atoms with Gasteiger partial charge in [-0.2, -0.15) is 0 Å². The van der Waals surface area contributed by atoms with E-state index < -0.39 is 0 Å². The monoisotopic (exact) mass is 239 g/mol. The molecule has 2 rings (SSSR count). The van der Waals surface area contributed by atoms with Crippen molar-refractivity contribution in [2.24, 2.45) is 5.92 Å². The first-order valence-electron chi connectivity index (χ1n) is 7.03. The van der Waals surface area contributed by atoms with Crippen LogP contribution in [0.1, 0.15) is 32.6 Å². The van der Waals surface area contributed by atoms with Gasteiger partial charge in [-0.05, 0) is 44.8 Å². The molecule has 0 aromatic carbocycles. The van der Waals surface area contributed by atoms with Gasteiger partial charge in [-0.3, -0.25) is 4.79 Å². The fourth-order valence-electron chi connectivity index (χ4n) is 2.81. The van der Waals surface area contributed by atoms with E-state index in [1.54, 1.807) is 0 Å². The molecule has 0 radical (unpaired) electrons. The van der Waals surface area contributed by atoms with Gasteiger partial charge in [0.15, 0.2) is 0 Å². The summed E-state index contributed by atoms with van der Waals surface area (Å²) in [4.78, 5) is 14.4. The lowest BCUT2D eigenvalue weighted by Crippen LogP contribution is -2.47. The first-order chi connectivity index (χ1) is 8.29. The molecule has 0 bridgehead atoms. The maximum atomic E-state index is 11.9. The third-order valence-corrected chi connectivity index (χ3v) is 4.01. The van der Waals surface area contributed by atoms with E-state index in [2.05, 4.69) is 22.5 Å². The maximum absolute atomic E-state index is 11.9. The van der Waals surface area contributed by atoms with Crippen LogP contribution < -0.4 is 10.6 Å². The molecule has 0 aliphatic carbocycles. The molecule has 98 valence electrons. The van der Waals surface area contributed by atoms with Crippen LogP contribution in [0.3, 0.4) is 0 Å². The van der Waals surface area contributed by atoms with Gasteiger partial charge in [0.05, 0.1) is 6.04 Å². The summed E-state index contributed by atoms with van der Waals surface area (Å²) >= 11 is 0. The van der Waals surface area contributed by atoms with Crippen LogP contribution in [0.2, 0.25) is 0 Å². The standard InChI is InChI=1S/C13H25N3O/c1-2-16-8-6-11(10-16)9-15-13(17)12-5-3-4-7-14-12/h11-12,14H,2-10H2,1H3,(H,15,17)/t11?,12-/m1/s1. The summed E-state index contributed by atoms with van der Waals surface area (Å²) < 4.78 is 0. The normalized spacial score (nSPS) is 30.4. The molecule has 2 saturated heterocycles. The van der Waals surface area contributed by atoms with E-state index in [1.165, 1.54) is 25.8 Å². The van der Waals surface area contributed by atoms with E-state index >= 15 is 0 Å². The Morgan fingerprint density at radius 2 is 2.29 bits per heavy atom. The predicted octanol–water partition coefficient (Wildman–Crippen LogP) is 0.587. The number of amides is 1. The van der Waals surface area contributed by atoms with Crippen LogP contribution in [0.25, 0.3) is 0 Å². The highest BCUT2D eigenvalue weighted by molar-refractivity contribution is 5.81. The summed E-state index contributed by atoms with van der Waals surface area (Å²) in [5.74, 6) is 0.863. The molecule has 4 heteroatoms. The minimum Gasteiger partial charge on any atom is -0.354 e. The smallest absolute Gasteiger partial charge is 0.237 e. The summed E-state index contributed by atoms with van der Waals surface area (Å²) in [5, 5.41) is 6.40. The van der Waals surface area contributed by atoms with E-state index in [1.807, 2.05) is 0 Å². The quantitative estimate of drug-likeness (QED) is 0.754. The molecule has 0 aromatic heterocycles. The molecular weight excluding hydrogens is 214 g/mol. The lowest BCUT2D eigenvalue weighted by atomic mass is 10.0. The Morgan fingerprint density at radius 3 is 2.94 bits per heavy atom. The molecule has 0 saturated carbocycles. The molecular formula is C13H25N3O. The Bertz CT molecular complexity index is 251. The Balaban J connectivity index is 1.65. The zero-order valence-electron chi connectivity index (χ0n) is 10.9. The molecule has 2 heterocycles. The van der Waals surface area contributed by atoms with Gasteiger partial charge < -0.3 is 15.5 Å². The average Bonchev–Trinajstić information content (AvgIpc) is 2.85. The molecule has 2 fully saturated rings. The van der Waals surface area contributed by atoms with Crippen molar-refractivity contribution in [1.82, 2.24) is 15.5 Å². The topological polar surface area (TPSA) is 44.4 Å². The Morgan fingerprint density at radius 1 is 1.41 bits per heavy atom. The van der Waals surface area contributed by atoms with Gasteiger partial charge in [0.25, 0.3) is 0 Å². The highest BCUT2D eigenvalue weighted by Crippen LogP contribution is 2.14. The van der Waals surface area contributed by atoms with Crippen molar-refractivity contribution in [3.63, 3.8) is 0 Å². The summed E-state index contributed by atoms with van der Waals surface area (Å²) in [6.07, 6.45) is 4.61. The molecule has 2 atom stereocenters. The molecule has 0 spiro atoms. The fraction of sp³-hybridized carbons (Fsp3) is 0.923. The van der Waals surface area contributed by atoms with Gasteiger partial charge in [-0.1, -0.05) is 13.3 Å². The summed E-state index contributed by atoms with van der Waals surface area (Å²) in [6, 6.07) is 0.0624. The number of carbonyl (C=O) groups is 1. The van der Waals surface area contributed by atoms with Crippen molar-refractivity contribution in [2.75, 3.05) is 32.7 Å². The molecule has 2 aliphatic heterocycles. The largest absolute Gasteiger partial charge is 0.354 e. The van der Waals surface area contributed by atoms with Crippen LogP contribution >= 0.6 is 0 Å². The Hall–Kier alpha value is -0.610. The van der Waals surface area contributed by atoms with Crippen LogP contribution in [-0.4, -0.2) is 49.6 Å². The molecule has 2 N–H and O–H groups in total. The summed E-state index contributed by atoms with van der Waals surface area (Å²) in [5.41, 5.74) is 0. The van der Waals surface area contributed by atoms with E-state index in [0.29, 0.717) is 5.92 Å². The van der Waals surface area contributed by atoms with Crippen molar-refractivity contribution in [3.8, 4) is 0 Å². The molecule has 17 heavy (non-hydrogen) atoms. The third-order valence-electron chi connectivity index (χ3n) is 4.01. The second-order valence-corrected chi connectivity index (χ2v) is 5.30. The van der Waals surface area contributed by atoms with Crippen molar-refractivity contribution in [1.29, 1.82) is 0 Å². The van der Waals surface area contributed by atoms with E-state index in [9.17, 15) is 4.79 Å². The molecule has 4 nitrogen and oxygen atoms in total. The van der Waals surface area contributed by atoms with Gasteiger partial charge in [-0.15, -0.1) is 0 Å². The number of likely N-dealkylation sites (tertiary alicyclic amines) is 1. The zero-order chi connectivity index (χ0) is 12.1. The number of nitrogens with one attached hydrogen (secondary N) is 2. The number of rotatable bonds is 4. The maximum Gasteiger partial charge on any atom is 0.237 e. The zero-order valence-corrected chi connectivity index (χ0v) is 10.9. The van der Waals surface area contributed by atoms with Gasteiger partial charge in [0.2, 0.25) is 5.91 Å². The summed E-state index contributed by atoms with van der Waals surface area (Å²) in [6.45, 7) is 7.52. The second kappa shape index (κ2) is 6.36. The molecule has 1 unspecified atom stereocenters. The predicted molar refractivity (Wildman–Crippen MR) is 68.9 cm³/mol. The van der Waals surface area contributed by atoms with Gasteiger partial charge >= 0.3 is 0 Å². The lowest BCUT2D eigenvalue weighted by Gasteiger charge is -2.23. The van der Waals surface area contributed by atoms with Gasteiger partial charge in [0, 0.05) is 13.1 Å². The van der Waals surface area contributed by atoms with Crippen LogP contribution in [0, 0.1) is 5.92 Å². The van der Waals surface area contributed by atoms with Gasteiger partial charge in [0.1, 0.15) is 0 Å². The Kier molecular flexibility index (Phi) is 4.80. The molecule has 0 aromatic rings. The number of hydrogen-bond acceptors (Lipinski definition) is 3. The van der Waals surface area contributed by atoms with Crippen LogP contribution in [-0.2, 0) is 4.79 Å².